The molecule has 18 heavy (non-hydrogen) atoms. The number of aromatic carboxylic acids is 1. The van der Waals surface area contributed by atoms with Crippen LogP contribution in [0.15, 0.2) is 53.4 Å². The Kier molecular flexibility index (Phi) is 3.84. The first kappa shape index (κ1) is 12.4. The molecule has 2 N–H and O–H groups in total. The summed E-state index contributed by atoms with van der Waals surface area (Å²) in [7, 11) is 0. The summed E-state index contributed by atoms with van der Waals surface area (Å²) in [5.74, 6) is -1.28. The van der Waals surface area contributed by atoms with Crippen LogP contribution in [0, 0.1) is 5.82 Å². The van der Waals surface area contributed by atoms with Gasteiger partial charge in [-0.3, -0.25) is 0 Å². The third-order valence-corrected chi connectivity index (χ3v) is 3.02. The maximum Gasteiger partial charge on any atom is 0.335 e. The molecule has 0 saturated carbocycles. The lowest BCUT2D eigenvalue weighted by molar-refractivity contribution is 0.0697. The normalized spacial score (nSPS) is 10.1. The van der Waals surface area contributed by atoms with E-state index in [9.17, 15) is 9.18 Å². The molecule has 0 spiro atoms. The summed E-state index contributed by atoms with van der Waals surface area (Å²) in [4.78, 5) is 11.5. The van der Waals surface area contributed by atoms with Crippen molar-refractivity contribution in [3.63, 3.8) is 0 Å². The number of nitrogens with one attached hydrogen (secondary N) is 1. The summed E-state index contributed by atoms with van der Waals surface area (Å²) < 4.78 is 15.9. The minimum Gasteiger partial charge on any atom is -0.478 e. The molecule has 0 aliphatic rings. The van der Waals surface area contributed by atoms with Gasteiger partial charge in [-0.25, -0.2) is 9.18 Å². The van der Waals surface area contributed by atoms with E-state index in [-0.39, 0.29) is 11.4 Å². The number of carbonyl (C=O) groups is 1. The van der Waals surface area contributed by atoms with Crippen LogP contribution in [0.4, 0.5) is 10.1 Å². The summed E-state index contributed by atoms with van der Waals surface area (Å²) >= 11 is 1.23. The van der Waals surface area contributed by atoms with Gasteiger partial charge in [0.25, 0.3) is 0 Å². The van der Waals surface area contributed by atoms with Gasteiger partial charge in [0.1, 0.15) is 5.82 Å². The van der Waals surface area contributed by atoms with Gasteiger partial charge in [-0.05, 0) is 48.3 Å². The molecule has 0 aliphatic heterocycles. The fourth-order valence-corrected chi connectivity index (χ4v) is 2.04. The van der Waals surface area contributed by atoms with Crippen LogP contribution in [-0.4, -0.2) is 11.1 Å². The number of anilines is 1. The van der Waals surface area contributed by atoms with E-state index in [4.69, 9.17) is 5.11 Å². The predicted molar refractivity (Wildman–Crippen MR) is 69.3 cm³/mol. The summed E-state index contributed by atoms with van der Waals surface area (Å²) in [6.07, 6.45) is 0. The first-order chi connectivity index (χ1) is 8.65. The number of hydrogen-bond donors (Lipinski definition) is 2. The van der Waals surface area contributed by atoms with Crippen LogP contribution in [-0.2, 0) is 0 Å². The Balaban J connectivity index is 2.06. The predicted octanol–water partition coefficient (Wildman–Crippen LogP) is 3.64. The minimum atomic E-state index is -0.977. The number of halogens is 1. The SMILES string of the molecule is O=C(O)c1cccc(NSc2cccc(F)c2)c1. The van der Waals surface area contributed by atoms with Crippen molar-refractivity contribution in [1.82, 2.24) is 0 Å². The van der Waals surface area contributed by atoms with Gasteiger partial charge in [-0.2, -0.15) is 0 Å². The quantitative estimate of drug-likeness (QED) is 0.827. The van der Waals surface area contributed by atoms with E-state index in [2.05, 4.69) is 4.72 Å². The smallest absolute Gasteiger partial charge is 0.335 e. The molecule has 0 aliphatic carbocycles. The van der Waals surface area contributed by atoms with Crippen LogP contribution in [0.2, 0.25) is 0 Å². The van der Waals surface area contributed by atoms with Gasteiger partial charge in [-0.1, -0.05) is 12.1 Å². The Morgan fingerprint density at radius 3 is 2.67 bits per heavy atom. The zero-order valence-corrected chi connectivity index (χ0v) is 10.1. The molecule has 0 aromatic heterocycles. The summed E-state index contributed by atoms with van der Waals surface area (Å²) in [5, 5.41) is 8.85. The second-order valence-electron chi connectivity index (χ2n) is 3.55. The number of hydrogen-bond acceptors (Lipinski definition) is 3. The van der Waals surface area contributed by atoms with Gasteiger partial charge in [0.2, 0.25) is 0 Å². The van der Waals surface area contributed by atoms with E-state index in [0.29, 0.717) is 5.69 Å². The van der Waals surface area contributed by atoms with Crippen molar-refractivity contribution in [1.29, 1.82) is 0 Å². The fraction of sp³-hybridized carbons (Fsp3) is 0. The molecule has 3 nitrogen and oxygen atoms in total. The molecule has 92 valence electrons. The van der Waals surface area contributed by atoms with Gasteiger partial charge in [0.15, 0.2) is 0 Å². The van der Waals surface area contributed by atoms with Gasteiger partial charge < -0.3 is 9.83 Å². The van der Waals surface area contributed by atoms with Crippen molar-refractivity contribution >= 4 is 23.6 Å². The molecular formula is C13H10FNO2S. The number of carboxylic acid groups (broad SMARTS) is 1. The van der Waals surface area contributed by atoms with E-state index in [1.807, 2.05) is 0 Å². The highest BCUT2D eigenvalue weighted by Gasteiger charge is 2.03. The van der Waals surface area contributed by atoms with Crippen molar-refractivity contribution in [2.75, 3.05) is 4.72 Å². The lowest BCUT2D eigenvalue weighted by Crippen LogP contribution is -1.96. The molecule has 0 bridgehead atoms. The molecule has 0 atom stereocenters. The van der Waals surface area contributed by atoms with Gasteiger partial charge in [0.05, 0.1) is 5.56 Å². The van der Waals surface area contributed by atoms with Gasteiger partial charge >= 0.3 is 5.97 Å². The molecule has 0 radical (unpaired) electrons. The van der Waals surface area contributed by atoms with E-state index in [1.165, 1.54) is 36.2 Å². The molecule has 0 fully saturated rings. The monoisotopic (exact) mass is 263 g/mol. The molecule has 0 amide bonds. The Morgan fingerprint density at radius 1 is 1.17 bits per heavy atom. The van der Waals surface area contributed by atoms with Crippen molar-refractivity contribution < 1.29 is 14.3 Å². The average molecular weight is 263 g/mol. The first-order valence-corrected chi connectivity index (χ1v) is 5.98. The van der Waals surface area contributed by atoms with Crippen LogP contribution in [0.1, 0.15) is 10.4 Å². The molecule has 2 rings (SSSR count). The zero-order valence-electron chi connectivity index (χ0n) is 9.26. The molecular weight excluding hydrogens is 253 g/mol. The van der Waals surface area contributed by atoms with Gasteiger partial charge in [-0.15, -0.1) is 0 Å². The Labute approximate surface area is 108 Å². The van der Waals surface area contributed by atoms with Crippen LogP contribution < -0.4 is 4.72 Å². The van der Waals surface area contributed by atoms with E-state index >= 15 is 0 Å². The summed E-state index contributed by atoms with van der Waals surface area (Å²) in [5.41, 5.74) is 0.865. The summed E-state index contributed by atoms with van der Waals surface area (Å²) in [6, 6.07) is 12.6. The highest BCUT2D eigenvalue weighted by atomic mass is 32.2. The first-order valence-electron chi connectivity index (χ1n) is 5.17. The largest absolute Gasteiger partial charge is 0.478 e. The molecule has 5 heteroatoms. The van der Waals surface area contributed by atoms with Crippen molar-refractivity contribution in [3.05, 3.63) is 59.9 Å². The van der Waals surface area contributed by atoms with Crippen LogP contribution >= 0.6 is 11.9 Å². The Morgan fingerprint density at radius 2 is 1.94 bits per heavy atom. The van der Waals surface area contributed by atoms with E-state index in [0.717, 1.165) is 4.90 Å². The standard InChI is InChI=1S/C13H10FNO2S/c14-10-4-2-6-12(8-10)18-15-11-5-1-3-9(7-11)13(16)17/h1-8,15H,(H,16,17). The second-order valence-corrected chi connectivity index (χ2v) is 4.43. The molecule has 0 saturated heterocycles. The van der Waals surface area contributed by atoms with Crippen molar-refractivity contribution in [2.45, 2.75) is 4.90 Å². The Hall–Kier alpha value is -2.01. The number of benzene rings is 2. The minimum absolute atomic E-state index is 0.208. The van der Waals surface area contributed by atoms with E-state index < -0.39 is 5.97 Å². The topological polar surface area (TPSA) is 49.3 Å². The summed E-state index contributed by atoms with van der Waals surface area (Å²) in [6.45, 7) is 0. The second kappa shape index (κ2) is 5.55. The van der Waals surface area contributed by atoms with Gasteiger partial charge in [0, 0.05) is 10.6 Å². The highest BCUT2D eigenvalue weighted by Crippen LogP contribution is 2.22. The number of rotatable bonds is 4. The lowest BCUT2D eigenvalue weighted by atomic mass is 10.2. The van der Waals surface area contributed by atoms with Crippen molar-refractivity contribution in [3.8, 4) is 0 Å². The fourth-order valence-electron chi connectivity index (χ4n) is 1.36. The lowest BCUT2D eigenvalue weighted by Gasteiger charge is -2.06. The van der Waals surface area contributed by atoms with Crippen molar-refractivity contribution in [2.24, 2.45) is 0 Å². The number of carboxylic acids is 1. The Bertz CT molecular complexity index is 574. The maximum atomic E-state index is 12.9. The van der Waals surface area contributed by atoms with Crippen LogP contribution in [0.3, 0.4) is 0 Å². The average Bonchev–Trinajstić information content (AvgIpc) is 2.37. The molecule has 2 aromatic rings. The van der Waals surface area contributed by atoms with Crippen LogP contribution in [0.5, 0.6) is 0 Å². The third kappa shape index (κ3) is 3.24. The van der Waals surface area contributed by atoms with Crippen LogP contribution in [0.25, 0.3) is 0 Å². The molecule has 0 unspecified atom stereocenters. The van der Waals surface area contributed by atoms with E-state index in [1.54, 1.807) is 24.3 Å². The zero-order chi connectivity index (χ0) is 13.0. The highest BCUT2D eigenvalue weighted by molar-refractivity contribution is 8.00. The maximum absolute atomic E-state index is 12.9. The molecule has 2 aromatic carbocycles. The third-order valence-electron chi connectivity index (χ3n) is 2.19. The molecule has 0 heterocycles.